The number of nitrogens with one attached hydrogen (secondary N) is 1. The number of carbonyl (C=O) groups is 1. The quantitative estimate of drug-likeness (QED) is 0.655. The van der Waals surface area contributed by atoms with Crippen LogP contribution in [0.4, 0.5) is 5.13 Å². The van der Waals surface area contributed by atoms with Gasteiger partial charge in [0.2, 0.25) is 10.0 Å². The number of nitrogens with zero attached hydrogens (tertiary/aromatic N) is 1. The fraction of sp³-hybridized carbons (Fsp3) is 0.125. The molecule has 1 amide bonds. The number of nitrogens with two attached hydrogens (primary N) is 1. The first-order valence-corrected chi connectivity index (χ1v) is 11.8. The molecule has 0 radical (unpaired) electrons. The summed E-state index contributed by atoms with van der Waals surface area (Å²) in [5, 5.41) is 7.99. The van der Waals surface area contributed by atoms with Crippen molar-refractivity contribution in [2.75, 3.05) is 11.6 Å². The van der Waals surface area contributed by atoms with Crippen LogP contribution < -0.4 is 10.5 Å². The highest BCUT2D eigenvalue weighted by Gasteiger charge is 2.17. The molecule has 0 fully saturated rings. The number of carbonyl (C=O) groups excluding carboxylic acids is 1. The number of sulfone groups is 1. The summed E-state index contributed by atoms with van der Waals surface area (Å²) < 4.78 is 46.8. The lowest BCUT2D eigenvalue weighted by atomic mass is 10.1. The first-order valence-electron chi connectivity index (χ1n) is 7.50. The Morgan fingerprint density at radius 2 is 1.74 bits per heavy atom. The van der Waals surface area contributed by atoms with E-state index in [0.29, 0.717) is 15.8 Å². The van der Waals surface area contributed by atoms with Crippen molar-refractivity contribution >= 4 is 52.5 Å². The Hall–Kier alpha value is -2.34. The Bertz CT molecular complexity index is 1280. The summed E-state index contributed by atoms with van der Waals surface area (Å²) in [5.74, 6) is -0.510. The van der Waals surface area contributed by atoms with Crippen molar-refractivity contribution in [1.29, 1.82) is 0 Å². The van der Waals surface area contributed by atoms with Gasteiger partial charge in [-0.1, -0.05) is 17.4 Å². The largest absolute Gasteiger partial charge is 0.298 e. The van der Waals surface area contributed by atoms with Crippen LogP contribution in [-0.4, -0.2) is 34.0 Å². The molecule has 0 bridgehead atoms. The van der Waals surface area contributed by atoms with Crippen LogP contribution in [0.25, 0.3) is 10.2 Å². The van der Waals surface area contributed by atoms with Crippen molar-refractivity contribution < 1.29 is 21.6 Å². The third kappa shape index (κ3) is 4.16. The first kappa shape index (κ1) is 19.4. The first-order chi connectivity index (χ1) is 12.4. The number of sulfonamides is 1. The van der Waals surface area contributed by atoms with Crippen LogP contribution >= 0.6 is 11.3 Å². The van der Waals surface area contributed by atoms with Crippen molar-refractivity contribution in [3.63, 3.8) is 0 Å². The van der Waals surface area contributed by atoms with Gasteiger partial charge in [0.05, 0.1) is 20.0 Å². The van der Waals surface area contributed by atoms with E-state index < -0.39 is 25.8 Å². The van der Waals surface area contributed by atoms with Crippen LogP contribution in [0.1, 0.15) is 15.9 Å². The molecule has 0 aliphatic rings. The lowest BCUT2D eigenvalue weighted by Crippen LogP contribution is -2.14. The maximum atomic E-state index is 12.6. The van der Waals surface area contributed by atoms with Gasteiger partial charge in [-0.2, -0.15) is 0 Å². The standard InChI is InChI=1S/C16H15N3O5S3/c1-9-3-4-10(26(2,21)22)7-12(9)15(20)19-16-18-13-6-5-11(27(17,23)24)8-14(13)25-16/h3-8H,1-2H3,(H2,17,23,24)(H,18,19,20). The predicted molar refractivity (Wildman–Crippen MR) is 103 cm³/mol. The Balaban J connectivity index is 1.95. The zero-order valence-electron chi connectivity index (χ0n) is 14.3. The molecular formula is C16H15N3O5S3. The summed E-state index contributed by atoms with van der Waals surface area (Å²) in [4.78, 5) is 16.8. The number of benzene rings is 2. The molecule has 11 heteroatoms. The van der Waals surface area contributed by atoms with Gasteiger partial charge in [0, 0.05) is 11.8 Å². The predicted octanol–water partition coefficient (Wildman–Crippen LogP) is 1.91. The van der Waals surface area contributed by atoms with Crippen LogP contribution in [-0.2, 0) is 19.9 Å². The average molecular weight is 426 g/mol. The fourth-order valence-corrected chi connectivity index (χ4v) is 4.54. The highest BCUT2D eigenvalue weighted by atomic mass is 32.2. The molecule has 0 saturated heterocycles. The zero-order valence-corrected chi connectivity index (χ0v) is 16.7. The monoisotopic (exact) mass is 425 g/mol. The van der Waals surface area contributed by atoms with Gasteiger partial charge < -0.3 is 0 Å². The third-order valence-electron chi connectivity index (χ3n) is 3.79. The van der Waals surface area contributed by atoms with E-state index >= 15 is 0 Å². The number of aryl methyl sites for hydroxylation is 1. The molecule has 0 spiro atoms. The molecule has 0 aliphatic carbocycles. The van der Waals surface area contributed by atoms with Gasteiger partial charge >= 0.3 is 0 Å². The summed E-state index contributed by atoms with van der Waals surface area (Å²) in [5.41, 5.74) is 1.32. The number of fused-ring (bicyclic) bond motifs is 1. The minimum Gasteiger partial charge on any atom is -0.298 e. The number of thiazole rings is 1. The average Bonchev–Trinajstić information content (AvgIpc) is 2.94. The SMILES string of the molecule is Cc1ccc(S(C)(=O)=O)cc1C(=O)Nc1nc2ccc(S(N)(=O)=O)cc2s1. The molecule has 8 nitrogen and oxygen atoms in total. The highest BCUT2D eigenvalue weighted by Crippen LogP contribution is 2.28. The van der Waals surface area contributed by atoms with E-state index in [1.807, 2.05) is 0 Å². The van der Waals surface area contributed by atoms with Gasteiger partial charge in [-0.25, -0.2) is 27.0 Å². The van der Waals surface area contributed by atoms with E-state index in [9.17, 15) is 21.6 Å². The van der Waals surface area contributed by atoms with Gasteiger partial charge in [-0.15, -0.1) is 0 Å². The number of rotatable bonds is 4. The molecule has 3 N–H and O–H groups in total. The minimum absolute atomic E-state index is 0.0420. The van der Waals surface area contributed by atoms with Gasteiger partial charge in [0.15, 0.2) is 15.0 Å². The summed E-state index contributed by atoms with van der Waals surface area (Å²) >= 11 is 1.08. The molecule has 0 unspecified atom stereocenters. The number of hydrogen-bond donors (Lipinski definition) is 2. The van der Waals surface area contributed by atoms with Crippen molar-refractivity contribution in [2.45, 2.75) is 16.7 Å². The second-order valence-corrected chi connectivity index (χ2v) is 10.5. The summed E-state index contributed by atoms with van der Waals surface area (Å²) in [6.45, 7) is 1.69. The second kappa shape index (κ2) is 6.68. The van der Waals surface area contributed by atoms with E-state index in [4.69, 9.17) is 5.14 Å². The molecular weight excluding hydrogens is 410 g/mol. The molecule has 0 saturated carbocycles. The van der Waals surface area contributed by atoms with Crippen LogP contribution in [0.2, 0.25) is 0 Å². The molecule has 27 heavy (non-hydrogen) atoms. The van der Waals surface area contributed by atoms with Crippen molar-refractivity contribution in [3.8, 4) is 0 Å². The van der Waals surface area contributed by atoms with Gasteiger partial charge in [0.1, 0.15) is 0 Å². The Morgan fingerprint density at radius 3 is 2.37 bits per heavy atom. The molecule has 2 aromatic carbocycles. The number of anilines is 1. The minimum atomic E-state index is -3.84. The number of amides is 1. The molecule has 3 aromatic rings. The summed E-state index contributed by atoms with van der Waals surface area (Å²) in [7, 11) is -7.29. The van der Waals surface area contributed by atoms with Crippen LogP contribution in [0.3, 0.4) is 0 Å². The summed E-state index contributed by atoms with van der Waals surface area (Å²) in [6, 6.07) is 8.52. The van der Waals surface area contributed by atoms with Crippen molar-refractivity contribution in [3.05, 3.63) is 47.5 Å². The Labute approximate surface area is 160 Å². The molecule has 0 aliphatic heterocycles. The zero-order chi connectivity index (χ0) is 20.0. The maximum Gasteiger partial charge on any atom is 0.257 e. The van der Waals surface area contributed by atoms with E-state index in [1.165, 1.54) is 30.3 Å². The molecule has 1 aromatic heterocycles. The topological polar surface area (TPSA) is 136 Å². The van der Waals surface area contributed by atoms with Crippen molar-refractivity contribution in [2.24, 2.45) is 5.14 Å². The van der Waals surface area contributed by atoms with Gasteiger partial charge in [-0.05, 0) is 42.8 Å². The molecule has 0 atom stereocenters. The second-order valence-electron chi connectivity index (χ2n) is 5.90. The van der Waals surface area contributed by atoms with Crippen LogP contribution in [0.15, 0.2) is 46.2 Å². The van der Waals surface area contributed by atoms with E-state index in [2.05, 4.69) is 10.3 Å². The normalized spacial score (nSPS) is 12.3. The molecule has 3 rings (SSSR count). The van der Waals surface area contributed by atoms with Gasteiger partial charge in [-0.3, -0.25) is 10.1 Å². The Morgan fingerprint density at radius 1 is 1.07 bits per heavy atom. The lowest BCUT2D eigenvalue weighted by molar-refractivity contribution is 0.102. The fourth-order valence-electron chi connectivity index (χ4n) is 2.38. The molecule has 1 heterocycles. The van der Waals surface area contributed by atoms with Crippen LogP contribution in [0.5, 0.6) is 0 Å². The molecule has 142 valence electrons. The van der Waals surface area contributed by atoms with E-state index in [-0.39, 0.29) is 20.5 Å². The van der Waals surface area contributed by atoms with Gasteiger partial charge in [0.25, 0.3) is 5.91 Å². The van der Waals surface area contributed by atoms with Crippen molar-refractivity contribution in [1.82, 2.24) is 4.98 Å². The maximum absolute atomic E-state index is 12.6. The van der Waals surface area contributed by atoms with Crippen LogP contribution in [0, 0.1) is 6.92 Å². The van der Waals surface area contributed by atoms with E-state index in [1.54, 1.807) is 13.0 Å². The third-order valence-corrected chi connectivity index (χ3v) is 6.75. The number of aromatic nitrogens is 1. The Kier molecular flexibility index (Phi) is 4.80. The smallest absolute Gasteiger partial charge is 0.257 e. The summed E-state index contributed by atoms with van der Waals surface area (Å²) in [6.07, 6.45) is 1.07. The highest BCUT2D eigenvalue weighted by molar-refractivity contribution is 7.90. The lowest BCUT2D eigenvalue weighted by Gasteiger charge is -2.07. The number of primary sulfonamides is 1. The number of hydrogen-bond acceptors (Lipinski definition) is 7. The van der Waals surface area contributed by atoms with E-state index in [0.717, 1.165) is 17.6 Å².